The average Bonchev–Trinajstić information content (AvgIpc) is 2.89. The fraction of sp³-hybridized carbons (Fsp3) is 0.333. The van der Waals surface area contributed by atoms with Crippen molar-refractivity contribution in [2.45, 2.75) is 43.8 Å². The molecule has 4 amide bonds. The maximum absolute atomic E-state index is 14.0. The van der Waals surface area contributed by atoms with Crippen LogP contribution in [0.5, 0.6) is 0 Å². The predicted octanol–water partition coefficient (Wildman–Crippen LogP) is 6.05. The highest BCUT2D eigenvalue weighted by Crippen LogP contribution is 2.38. The number of carbonyl (C=O) groups excluding carboxylic acids is 2. The minimum absolute atomic E-state index is 0.0255. The van der Waals surface area contributed by atoms with Gasteiger partial charge in [-0.1, -0.05) is 66.7 Å². The molecule has 3 saturated heterocycles. The number of nitrogens with zero attached hydrogens (tertiary/aromatic N) is 4. The Hall–Kier alpha value is -3.80. The van der Waals surface area contributed by atoms with Crippen LogP contribution in [0.4, 0.5) is 21.0 Å². The molecular weight excluding hydrogens is 448 g/mol. The van der Waals surface area contributed by atoms with Crippen LogP contribution in [-0.4, -0.2) is 58.5 Å². The zero-order valence-electron chi connectivity index (χ0n) is 20.4. The van der Waals surface area contributed by atoms with Gasteiger partial charge < -0.3 is 14.7 Å². The minimum atomic E-state index is -0.0255. The summed E-state index contributed by atoms with van der Waals surface area (Å²) in [5, 5.41) is 0. The van der Waals surface area contributed by atoms with Gasteiger partial charge >= 0.3 is 12.1 Å². The molecule has 3 aromatic carbocycles. The lowest BCUT2D eigenvalue weighted by Crippen LogP contribution is -2.67. The van der Waals surface area contributed by atoms with E-state index in [1.165, 1.54) is 5.56 Å². The summed E-state index contributed by atoms with van der Waals surface area (Å²) in [6.07, 6.45) is 3.98. The molecule has 3 heterocycles. The molecule has 0 N–H and O–H groups in total. The smallest absolute Gasteiger partial charge is 0.320 e. The van der Waals surface area contributed by atoms with Gasteiger partial charge in [-0.05, 0) is 55.5 Å². The zero-order chi connectivity index (χ0) is 24.5. The summed E-state index contributed by atoms with van der Waals surface area (Å²) in [6.45, 7) is 1.94. The van der Waals surface area contributed by atoms with Crippen molar-refractivity contribution in [1.82, 2.24) is 14.7 Å². The van der Waals surface area contributed by atoms with Crippen molar-refractivity contribution >= 4 is 23.4 Å². The first-order valence-corrected chi connectivity index (χ1v) is 13.0. The summed E-state index contributed by atoms with van der Waals surface area (Å²) >= 11 is 0. The molecule has 0 aliphatic carbocycles. The number of carbonyl (C=O) groups is 2. The molecule has 6 heteroatoms. The van der Waals surface area contributed by atoms with Gasteiger partial charge in [0.2, 0.25) is 0 Å². The Morgan fingerprint density at radius 2 is 1.22 bits per heavy atom. The van der Waals surface area contributed by atoms with E-state index in [9.17, 15) is 9.59 Å². The Morgan fingerprint density at radius 3 is 1.72 bits per heavy atom. The van der Waals surface area contributed by atoms with Crippen molar-refractivity contribution in [3.63, 3.8) is 0 Å². The summed E-state index contributed by atoms with van der Waals surface area (Å²) in [5.74, 6) is 0. The topological polar surface area (TPSA) is 47.1 Å². The highest BCUT2D eigenvalue weighted by molar-refractivity contribution is 5.99. The van der Waals surface area contributed by atoms with Gasteiger partial charge in [-0.25, -0.2) is 9.59 Å². The average molecular weight is 481 g/mol. The quantitative estimate of drug-likeness (QED) is 0.458. The van der Waals surface area contributed by atoms with Crippen LogP contribution in [0.25, 0.3) is 0 Å². The van der Waals surface area contributed by atoms with Crippen LogP contribution >= 0.6 is 0 Å². The van der Waals surface area contributed by atoms with Gasteiger partial charge in [0.1, 0.15) is 0 Å². The van der Waals surface area contributed by atoms with Crippen LogP contribution in [0.1, 0.15) is 37.3 Å². The third kappa shape index (κ3) is 4.11. The highest BCUT2D eigenvalue weighted by atomic mass is 16.2. The van der Waals surface area contributed by atoms with Crippen molar-refractivity contribution in [2.24, 2.45) is 0 Å². The van der Waals surface area contributed by atoms with Crippen LogP contribution in [-0.2, 0) is 0 Å². The zero-order valence-corrected chi connectivity index (χ0v) is 20.4. The van der Waals surface area contributed by atoms with Crippen molar-refractivity contribution in [2.75, 3.05) is 24.5 Å². The van der Waals surface area contributed by atoms with Crippen LogP contribution < -0.4 is 4.90 Å². The molecular formula is C30H32N4O2. The summed E-state index contributed by atoms with van der Waals surface area (Å²) in [6, 6.07) is 30.4. The van der Waals surface area contributed by atoms with Gasteiger partial charge in [0.05, 0.1) is 29.5 Å². The van der Waals surface area contributed by atoms with E-state index in [2.05, 4.69) is 17.0 Å². The first kappa shape index (κ1) is 22.7. The highest BCUT2D eigenvalue weighted by Gasteiger charge is 2.46. The Labute approximate surface area is 212 Å². The van der Waals surface area contributed by atoms with Crippen LogP contribution in [0.2, 0.25) is 0 Å². The van der Waals surface area contributed by atoms with E-state index in [0.717, 1.165) is 43.6 Å². The third-order valence-corrected chi connectivity index (χ3v) is 7.88. The predicted molar refractivity (Wildman–Crippen MR) is 141 cm³/mol. The van der Waals surface area contributed by atoms with Gasteiger partial charge in [-0.15, -0.1) is 0 Å². The molecule has 3 aromatic rings. The number of piperidine rings is 1. The van der Waals surface area contributed by atoms with Crippen LogP contribution in [0, 0.1) is 0 Å². The number of hydrogen-bond acceptors (Lipinski definition) is 2. The van der Waals surface area contributed by atoms with Crippen molar-refractivity contribution in [3.05, 3.63) is 96.6 Å². The number of amides is 4. The lowest BCUT2D eigenvalue weighted by atomic mass is 9.90. The number of hydrogen-bond donors (Lipinski definition) is 0. The largest absolute Gasteiger partial charge is 0.329 e. The third-order valence-electron chi connectivity index (χ3n) is 7.88. The van der Waals surface area contributed by atoms with E-state index in [-0.39, 0.29) is 30.2 Å². The summed E-state index contributed by atoms with van der Waals surface area (Å²) in [5.41, 5.74) is 2.91. The molecule has 3 aliphatic rings. The summed E-state index contributed by atoms with van der Waals surface area (Å²) < 4.78 is 0. The molecule has 1 unspecified atom stereocenters. The first-order chi connectivity index (χ1) is 17.7. The molecule has 0 radical (unpaired) electrons. The molecule has 2 bridgehead atoms. The second-order valence-electron chi connectivity index (χ2n) is 10.0. The maximum atomic E-state index is 14.0. The minimum Gasteiger partial charge on any atom is -0.320 e. The molecule has 36 heavy (non-hydrogen) atoms. The van der Waals surface area contributed by atoms with Gasteiger partial charge in [0, 0.05) is 19.6 Å². The second-order valence-corrected chi connectivity index (χ2v) is 10.0. The Bertz CT molecular complexity index is 1150. The van der Waals surface area contributed by atoms with E-state index in [1.54, 1.807) is 4.90 Å². The van der Waals surface area contributed by atoms with E-state index >= 15 is 0 Å². The van der Waals surface area contributed by atoms with Gasteiger partial charge in [0.15, 0.2) is 0 Å². The molecule has 184 valence electrons. The number of piperazine rings is 1. The lowest BCUT2D eigenvalue weighted by Gasteiger charge is -2.54. The molecule has 0 saturated carbocycles. The lowest BCUT2D eigenvalue weighted by molar-refractivity contribution is 0.00237. The van der Waals surface area contributed by atoms with E-state index < -0.39 is 0 Å². The van der Waals surface area contributed by atoms with E-state index in [1.807, 2.05) is 88.7 Å². The molecule has 0 spiro atoms. The monoisotopic (exact) mass is 480 g/mol. The number of rotatable bonds is 3. The molecule has 0 aromatic heterocycles. The molecule has 3 atom stereocenters. The Balaban J connectivity index is 1.22. The number of fused-ring (bicyclic) bond motifs is 2. The molecule has 6 nitrogen and oxygen atoms in total. The molecule has 3 aliphatic heterocycles. The van der Waals surface area contributed by atoms with Crippen molar-refractivity contribution in [1.29, 1.82) is 0 Å². The SMILES string of the molecule is O=C(N1C[C@H]2CCC[C@@H](C1)N2C(=O)N1CCC1c1ccccc1)N(c1ccccc1)c1ccccc1. The van der Waals surface area contributed by atoms with Gasteiger partial charge in [-0.3, -0.25) is 4.90 Å². The Morgan fingerprint density at radius 1 is 0.694 bits per heavy atom. The van der Waals surface area contributed by atoms with Gasteiger partial charge in [0.25, 0.3) is 0 Å². The fourth-order valence-electron chi connectivity index (χ4n) is 6.03. The van der Waals surface area contributed by atoms with Crippen LogP contribution in [0.3, 0.4) is 0 Å². The number of benzene rings is 3. The second kappa shape index (κ2) is 9.69. The fourth-order valence-corrected chi connectivity index (χ4v) is 6.03. The van der Waals surface area contributed by atoms with Crippen molar-refractivity contribution < 1.29 is 9.59 Å². The summed E-state index contributed by atoms with van der Waals surface area (Å²) in [7, 11) is 0. The number of likely N-dealkylation sites (tertiary alicyclic amines) is 2. The number of para-hydroxylation sites is 2. The Kier molecular flexibility index (Phi) is 6.09. The first-order valence-electron chi connectivity index (χ1n) is 13.0. The van der Waals surface area contributed by atoms with Gasteiger partial charge in [-0.2, -0.15) is 0 Å². The molecule has 6 rings (SSSR count). The molecule has 3 fully saturated rings. The standard InChI is InChI=1S/C30H32N4O2/c35-29(33(24-13-6-2-7-14-24)25-15-8-3-9-16-25)31-21-26-17-10-18-27(22-31)34(26)30(36)32-20-19-28(32)23-11-4-1-5-12-23/h1-9,11-16,26-28H,10,17-22H2/t26-,27+,28?. The summed E-state index contributed by atoms with van der Waals surface area (Å²) in [4.78, 5) is 35.6. The van der Waals surface area contributed by atoms with E-state index in [0.29, 0.717) is 13.1 Å². The van der Waals surface area contributed by atoms with Crippen LogP contribution in [0.15, 0.2) is 91.0 Å². The van der Waals surface area contributed by atoms with Crippen molar-refractivity contribution in [3.8, 4) is 0 Å². The number of urea groups is 2. The number of anilines is 2. The maximum Gasteiger partial charge on any atom is 0.329 e. The van der Waals surface area contributed by atoms with E-state index in [4.69, 9.17) is 0 Å². The normalized spacial score (nSPS) is 23.1.